The van der Waals surface area contributed by atoms with Gasteiger partial charge in [0.05, 0.1) is 90.9 Å². The fourth-order valence-corrected chi connectivity index (χ4v) is 9.47. The lowest BCUT2D eigenvalue weighted by Crippen LogP contribution is -2.21. The van der Waals surface area contributed by atoms with Crippen LogP contribution in [0.5, 0.6) is 0 Å². The summed E-state index contributed by atoms with van der Waals surface area (Å²) < 4.78 is 6.70. The summed E-state index contributed by atoms with van der Waals surface area (Å²) in [4.78, 5) is 45.3. The zero-order valence-corrected chi connectivity index (χ0v) is 40.5. The Kier molecular flexibility index (Phi) is 10.7. The first kappa shape index (κ1) is 45.0. The molecule has 0 aliphatic rings. The van der Waals surface area contributed by atoms with Crippen LogP contribution in [-0.4, -0.2) is 38.2 Å². The molecule has 0 fully saturated rings. The van der Waals surface area contributed by atoms with Crippen LogP contribution in [0, 0.1) is 22.7 Å². The molecule has 0 saturated heterocycles. The van der Waals surface area contributed by atoms with E-state index in [1.165, 1.54) is 0 Å². The van der Waals surface area contributed by atoms with E-state index in [1.807, 2.05) is 149 Å². The van der Waals surface area contributed by atoms with Gasteiger partial charge >= 0.3 is 11.4 Å². The van der Waals surface area contributed by atoms with E-state index in [0.717, 1.165) is 110 Å². The fourth-order valence-electron chi connectivity index (χ4n) is 9.47. The lowest BCUT2D eigenvalue weighted by molar-refractivity contribution is 0.686. The van der Waals surface area contributed by atoms with Crippen LogP contribution < -0.4 is 11.4 Å². The summed E-state index contributed by atoms with van der Waals surface area (Å²) in [7, 11) is 3.53. The number of fused-ring (bicyclic) bond motifs is 8. The molecule has 6 aromatic carbocycles. The second kappa shape index (κ2) is 17.2. The van der Waals surface area contributed by atoms with Crippen LogP contribution in [0.25, 0.3) is 99.3 Å². The molecular weight excluding hydrogens is 893 g/mol. The summed E-state index contributed by atoms with van der Waals surface area (Å²) in [6.07, 6.45) is 7.26. The molecule has 0 unspecified atom stereocenters. The van der Waals surface area contributed by atoms with Gasteiger partial charge in [0.2, 0.25) is 0 Å². The van der Waals surface area contributed by atoms with Gasteiger partial charge in [0.25, 0.3) is 0 Å². The number of aromatic nitrogens is 8. The number of hydrogen-bond donors (Lipinski definition) is 0. The van der Waals surface area contributed by atoms with Crippen LogP contribution in [0.3, 0.4) is 0 Å². The van der Waals surface area contributed by atoms with Gasteiger partial charge in [-0.1, -0.05) is 72.8 Å². The minimum absolute atomic E-state index is 0.149. The molecule has 0 N–H and O–H groups in total. The van der Waals surface area contributed by atoms with Crippen LogP contribution in [0.2, 0.25) is 0 Å². The second-order valence-electron chi connectivity index (χ2n) is 19.2. The summed E-state index contributed by atoms with van der Waals surface area (Å²) in [5.74, 6) is 0. The largest absolute Gasteiger partial charge is 0.333 e. The molecule has 12 rings (SSSR count). The molecule has 12 nitrogen and oxygen atoms in total. The quantitative estimate of drug-likeness (QED) is 0.160. The smallest absolute Gasteiger partial charge is 0.293 e. The third-order valence-corrected chi connectivity index (χ3v) is 13.9. The SMILES string of the molecule is Cn1c(=O)n(-c2ccc(C(C)(C)C#N)cc2)c2c3cc(-c4cnc5ccccc5c4)ccc3ncc21.Cn1c(=O)n(-c2ccc(C(C)(C)C#N)cc2)c2c3cc(-c4cnc5ccccc5c4)ccc3ncc21. The lowest BCUT2D eigenvalue weighted by atomic mass is 9.86. The van der Waals surface area contributed by atoms with E-state index < -0.39 is 10.8 Å². The van der Waals surface area contributed by atoms with Gasteiger partial charge in [0, 0.05) is 59.2 Å². The Morgan fingerprint density at radius 2 is 0.806 bits per heavy atom. The molecule has 0 radical (unpaired) electrons. The maximum Gasteiger partial charge on any atom is 0.333 e. The minimum Gasteiger partial charge on any atom is -0.293 e. The van der Waals surface area contributed by atoms with Crippen LogP contribution >= 0.6 is 0 Å². The van der Waals surface area contributed by atoms with Crippen molar-refractivity contribution >= 4 is 65.7 Å². The van der Waals surface area contributed by atoms with Crippen molar-refractivity contribution in [3.8, 4) is 45.8 Å². The summed E-state index contributed by atoms with van der Waals surface area (Å²) in [5, 5.41) is 22.9. The van der Waals surface area contributed by atoms with Gasteiger partial charge in [-0.25, -0.2) is 9.59 Å². The van der Waals surface area contributed by atoms with Gasteiger partial charge in [-0.05, 0) is 123 Å². The fraction of sp³-hybridized carbons (Fsp3) is 0.133. The van der Waals surface area contributed by atoms with E-state index in [0.29, 0.717) is 0 Å². The predicted molar refractivity (Wildman–Crippen MR) is 286 cm³/mol. The molecule has 0 saturated carbocycles. The first-order chi connectivity index (χ1) is 34.7. The van der Waals surface area contributed by atoms with Gasteiger partial charge in [0.15, 0.2) is 0 Å². The average Bonchev–Trinajstić information content (AvgIpc) is 3.84. The van der Waals surface area contributed by atoms with Crippen molar-refractivity contribution in [2.45, 2.75) is 38.5 Å². The van der Waals surface area contributed by atoms with E-state index in [2.05, 4.69) is 68.5 Å². The van der Waals surface area contributed by atoms with Crippen molar-refractivity contribution < 1.29 is 0 Å². The van der Waals surface area contributed by atoms with Crippen LogP contribution in [0.15, 0.2) is 180 Å². The number of nitrogens with zero attached hydrogens (tertiary/aromatic N) is 10. The van der Waals surface area contributed by atoms with Gasteiger partial charge < -0.3 is 0 Å². The topological polar surface area (TPSA) is 153 Å². The summed E-state index contributed by atoms with van der Waals surface area (Å²) in [6.45, 7) is 7.53. The highest BCUT2D eigenvalue weighted by Crippen LogP contribution is 2.34. The molecule has 0 amide bonds. The molecule has 0 aliphatic heterocycles. The zero-order valence-electron chi connectivity index (χ0n) is 40.5. The molecule has 0 spiro atoms. The minimum atomic E-state index is -0.609. The zero-order chi connectivity index (χ0) is 50.1. The maximum atomic E-state index is 13.4. The number of aryl methyl sites for hydroxylation is 2. The summed E-state index contributed by atoms with van der Waals surface area (Å²) in [6, 6.07) is 52.5. The normalized spacial score (nSPS) is 11.8. The Bertz CT molecular complexity index is 4090. The van der Waals surface area contributed by atoms with E-state index in [-0.39, 0.29) is 11.4 Å². The van der Waals surface area contributed by atoms with Crippen molar-refractivity contribution in [1.29, 1.82) is 10.5 Å². The van der Waals surface area contributed by atoms with Crippen molar-refractivity contribution in [3.05, 3.63) is 202 Å². The monoisotopic (exact) mass is 938 g/mol. The van der Waals surface area contributed by atoms with Crippen molar-refractivity contribution in [1.82, 2.24) is 38.2 Å². The summed E-state index contributed by atoms with van der Waals surface area (Å²) >= 11 is 0. The second-order valence-corrected chi connectivity index (χ2v) is 19.2. The number of rotatable bonds is 6. The Balaban J connectivity index is 0.000000156. The molecule has 6 heterocycles. The molecule has 0 atom stereocenters. The first-order valence-corrected chi connectivity index (χ1v) is 23.5. The van der Waals surface area contributed by atoms with Crippen molar-refractivity contribution in [2.75, 3.05) is 0 Å². The number of imidazole rings is 2. The third-order valence-electron chi connectivity index (χ3n) is 13.9. The van der Waals surface area contributed by atoms with Crippen LogP contribution in [0.4, 0.5) is 0 Å². The van der Waals surface area contributed by atoms with Gasteiger partial charge in [0.1, 0.15) is 0 Å². The number of hydrogen-bond acceptors (Lipinski definition) is 8. The number of nitriles is 2. The first-order valence-electron chi connectivity index (χ1n) is 23.5. The third kappa shape index (κ3) is 7.54. The van der Waals surface area contributed by atoms with Crippen LogP contribution in [0.1, 0.15) is 38.8 Å². The number of benzene rings is 6. The Hall–Kier alpha value is -9.52. The predicted octanol–water partition coefficient (Wildman–Crippen LogP) is 11.8. The van der Waals surface area contributed by atoms with E-state index in [4.69, 9.17) is 0 Å². The van der Waals surface area contributed by atoms with E-state index in [1.54, 1.807) is 44.8 Å². The highest BCUT2D eigenvalue weighted by atomic mass is 16.2. The Labute approximate surface area is 413 Å². The molecular formula is C60H46N10O2. The highest BCUT2D eigenvalue weighted by Gasteiger charge is 2.23. The van der Waals surface area contributed by atoms with E-state index in [9.17, 15) is 20.1 Å². The van der Waals surface area contributed by atoms with Crippen molar-refractivity contribution in [2.24, 2.45) is 14.1 Å². The molecule has 6 aromatic heterocycles. The molecule has 0 bridgehead atoms. The lowest BCUT2D eigenvalue weighted by Gasteiger charge is -2.16. The van der Waals surface area contributed by atoms with Crippen LogP contribution in [-0.2, 0) is 24.9 Å². The number of pyridine rings is 4. The molecule has 12 aromatic rings. The van der Waals surface area contributed by atoms with E-state index >= 15 is 0 Å². The average molecular weight is 939 g/mol. The Morgan fingerprint density at radius 3 is 1.19 bits per heavy atom. The highest BCUT2D eigenvalue weighted by molar-refractivity contribution is 6.06. The molecule has 348 valence electrons. The Morgan fingerprint density at radius 1 is 0.431 bits per heavy atom. The van der Waals surface area contributed by atoms with Crippen molar-refractivity contribution in [3.63, 3.8) is 0 Å². The molecule has 72 heavy (non-hydrogen) atoms. The standard InChI is InChI=1S/2C30H23N5O/c2*1-30(2,18-31)22-9-11-23(12-10-22)35-28-24-15-19(21-14-20-6-4-5-7-25(20)32-16-21)8-13-26(24)33-17-27(28)34(3)29(35)36/h2*4-17H,1-3H3. The van der Waals surface area contributed by atoms with Gasteiger partial charge in [-0.2, -0.15) is 10.5 Å². The van der Waals surface area contributed by atoms with Gasteiger partial charge in [-0.15, -0.1) is 0 Å². The maximum absolute atomic E-state index is 13.4. The summed E-state index contributed by atoms with van der Waals surface area (Å²) in [5.41, 5.74) is 12.4. The number of para-hydroxylation sites is 2. The molecule has 0 aliphatic carbocycles. The molecule has 12 heteroatoms. The van der Waals surface area contributed by atoms with Gasteiger partial charge in [-0.3, -0.25) is 38.2 Å².